The molecule has 0 bridgehead atoms. The Morgan fingerprint density at radius 3 is 2.00 bits per heavy atom. The minimum Gasteiger partial charge on any atom is -0.386 e. The molecule has 0 rings (SSSR count). The molecule has 0 amide bonds. The van der Waals surface area contributed by atoms with Gasteiger partial charge in [-0.2, -0.15) is 0 Å². The van der Waals surface area contributed by atoms with Gasteiger partial charge in [-0.05, 0) is 6.92 Å². The number of aliphatic hydroxyl groups excluding tert-OH is 1. The standard InChI is InChI=1S/C5H12N2O/c1-4(8)5(6)7(2)3/h4,6,8H,1-3H3. The summed E-state index contributed by atoms with van der Waals surface area (Å²) < 4.78 is 0. The number of rotatable bonds is 1. The van der Waals surface area contributed by atoms with Gasteiger partial charge in [-0.1, -0.05) is 0 Å². The Labute approximate surface area is 49.4 Å². The lowest BCUT2D eigenvalue weighted by Crippen LogP contribution is -2.30. The smallest absolute Gasteiger partial charge is 0.124 e. The molecule has 2 N–H and O–H groups in total. The molecule has 1 unspecified atom stereocenters. The zero-order chi connectivity index (χ0) is 6.73. The van der Waals surface area contributed by atoms with Gasteiger partial charge in [0.05, 0.1) is 0 Å². The maximum atomic E-state index is 8.73. The van der Waals surface area contributed by atoms with Gasteiger partial charge >= 0.3 is 0 Å². The normalized spacial score (nSPS) is 13.0. The van der Waals surface area contributed by atoms with Gasteiger partial charge in [-0.3, -0.25) is 5.41 Å². The monoisotopic (exact) mass is 116 g/mol. The van der Waals surface area contributed by atoms with E-state index in [4.69, 9.17) is 10.5 Å². The molecule has 3 nitrogen and oxygen atoms in total. The number of likely N-dealkylation sites (N-methyl/N-ethyl adjacent to an activating group) is 1. The third-order valence-electron chi connectivity index (χ3n) is 0.878. The van der Waals surface area contributed by atoms with Crippen LogP contribution in [0, 0.1) is 5.41 Å². The third-order valence-corrected chi connectivity index (χ3v) is 0.878. The maximum absolute atomic E-state index is 8.73. The lowest BCUT2D eigenvalue weighted by molar-refractivity contribution is 0.246. The molecule has 8 heavy (non-hydrogen) atoms. The van der Waals surface area contributed by atoms with Gasteiger partial charge in [0.2, 0.25) is 0 Å². The summed E-state index contributed by atoms with van der Waals surface area (Å²) in [6, 6.07) is 0. The van der Waals surface area contributed by atoms with Crippen molar-refractivity contribution in [1.82, 2.24) is 4.90 Å². The van der Waals surface area contributed by atoms with Gasteiger partial charge < -0.3 is 10.0 Å². The molecular formula is C5H12N2O. The highest BCUT2D eigenvalue weighted by atomic mass is 16.3. The molecule has 0 aromatic carbocycles. The summed E-state index contributed by atoms with van der Waals surface area (Å²) >= 11 is 0. The minimum atomic E-state index is -0.648. The van der Waals surface area contributed by atoms with E-state index in [1.54, 1.807) is 25.9 Å². The van der Waals surface area contributed by atoms with Crippen LogP contribution in [-0.2, 0) is 0 Å². The molecule has 0 aromatic heterocycles. The van der Waals surface area contributed by atoms with Gasteiger partial charge in [-0.15, -0.1) is 0 Å². The van der Waals surface area contributed by atoms with E-state index in [1.165, 1.54) is 0 Å². The quantitative estimate of drug-likeness (QED) is 0.371. The Morgan fingerprint density at radius 2 is 2.00 bits per heavy atom. The number of amidine groups is 1. The van der Waals surface area contributed by atoms with Crippen LogP contribution < -0.4 is 0 Å². The fourth-order valence-corrected chi connectivity index (χ4v) is 0.374. The Hall–Kier alpha value is -0.570. The summed E-state index contributed by atoms with van der Waals surface area (Å²) in [6.45, 7) is 1.57. The van der Waals surface area contributed by atoms with Crippen molar-refractivity contribution in [2.24, 2.45) is 0 Å². The molecule has 0 radical (unpaired) electrons. The summed E-state index contributed by atoms with van der Waals surface area (Å²) in [5, 5.41) is 15.8. The summed E-state index contributed by atoms with van der Waals surface area (Å²) in [6.07, 6.45) is -0.648. The second-order valence-electron chi connectivity index (χ2n) is 1.96. The summed E-state index contributed by atoms with van der Waals surface area (Å²) in [5.74, 6) is 0.241. The first-order valence-electron chi connectivity index (χ1n) is 2.49. The van der Waals surface area contributed by atoms with Crippen LogP contribution in [0.4, 0.5) is 0 Å². The van der Waals surface area contributed by atoms with Crippen molar-refractivity contribution in [3.05, 3.63) is 0 Å². The van der Waals surface area contributed by atoms with E-state index in [-0.39, 0.29) is 5.84 Å². The molecule has 0 aliphatic carbocycles. The Balaban J connectivity index is 3.65. The molecule has 0 saturated carbocycles. The number of hydrogen-bond donors (Lipinski definition) is 2. The predicted molar refractivity (Wildman–Crippen MR) is 33.1 cm³/mol. The fourth-order valence-electron chi connectivity index (χ4n) is 0.374. The van der Waals surface area contributed by atoms with E-state index in [0.29, 0.717) is 0 Å². The van der Waals surface area contributed by atoms with Crippen LogP contribution in [0.3, 0.4) is 0 Å². The molecule has 0 spiro atoms. The van der Waals surface area contributed by atoms with Crippen LogP contribution in [0.25, 0.3) is 0 Å². The van der Waals surface area contributed by atoms with Gasteiger partial charge in [0.15, 0.2) is 0 Å². The molecule has 48 valence electrons. The van der Waals surface area contributed by atoms with Crippen molar-refractivity contribution >= 4 is 5.84 Å². The first-order valence-corrected chi connectivity index (χ1v) is 2.49. The Bertz CT molecular complexity index is 78.4. The van der Waals surface area contributed by atoms with E-state index < -0.39 is 6.10 Å². The van der Waals surface area contributed by atoms with Crippen molar-refractivity contribution in [3.63, 3.8) is 0 Å². The summed E-state index contributed by atoms with van der Waals surface area (Å²) in [5.41, 5.74) is 0. The number of aliphatic hydroxyl groups is 1. The lowest BCUT2D eigenvalue weighted by atomic mass is 10.3. The van der Waals surface area contributed by atoms with E-state index in [9.17, 15) is 0 Å². The van der Waals surface area contributed by atoms with Crippen molar-refractivity contribution < 1.29 is 5.11 Å². The number of hydrogen-bond acceptors (Lipinski definition) is 2. The van der Waals surface area contributed by atoms with E-state index >= 15 is 0 Å². The van der Waals surface area contributed by atoms with Gasteiger partial charge in [0, 0.05) is 14.1 Å². The second-order valence-corrected chi connectivity index (χ2v) is 1.96. The first kappa shape index (κ1) is 7.43. The summed E-state index contributed by atoms with van der Waals surface area (Å²) in [7, 11) is 3.46. The first-order chi connectivity index (χ1) is 3.55. The third kappa shape index (κ3) is 1.93. The average molecular weight is 116 g/mol. The van der Waals surface area contributed by atoms with Crippen LogP contribution in [-0.4, -0.2) is 36.0 Å². The molecular weight excluding hydrogens is 104 g/mol. The van der Waals surface area contributed by atoms with Crippen molar-refractivity contribution in [1.29, 1.82) is 5.41 Å². The number of nitrogens with one attached hydrogen (secondary N) is 1. The van der Waals surface area contributed by atoms with Crippen LogP contribution >= 0.6 is 0 Å². The van der Waals surface area contributed by atoms with Crippen LogP contribution in [0.1, 0.15) is 6.92 Å². The highest BCUT2D eigenvalue weighted by molar-refractivity contribution is 5.82. The molecule has 0 fully saturated rings. The van der Waals surface area contributed by atoms with Crippen molar-refractivity contribution in [2.75, 3.05) is 14.1 Å². The van der Waals surface area contributed by atoms with E-state index in [2.05, 4.69) is 0 Å². The van der Waals surface area contributed by atoms with Crippen LogP contribution in [0.5, 0.6) is 0 Å². The molecule has 0 aliphatic rings. The summed E-state index contributed by atoms with van der Waals surface area (Å²) in [4.78, 5) is 1.57. The maximum Gasteiger partial charge on any atom is 0.124 e. The molecule has 0 aromatic rings. The van der Waals surface area contributed by atoms with Crippen molar-refractivity contribution in [3.8, 4) is 0 Å². The molecule has 0 heterocycles. The molecule has 1 atom stereocenters. The van der Waals surface area contributed by atoms with Gasteiger partial charge in [0.1, 0.15) is 11.9 Å². The van der Waals surface area contributed by atoms with Crippen LogP contribution in [0.2, 0.25) is 0 Å². The average Bonchev–Trinajstić information content (AvgIpc) is 1.64. The predicted octanol–water partition coefficient (Wildman–Crippen LogP) is -0.0939. The Morgan fingerprint density at radius 1 is 1.62 bits per heavy atom. The minimum absolute atomic E-state index is 0.241. The van der Waals surface area contributed by atoms with E-state index in [0.717, 1.165) is 0 Å². The van der Waals surface area contributed by atoms with Crippen molar-refractivity contribution in [2.45, 2.75) is 13.0 Å². The van der Waals surface area contributed by atoms with Crippen LogP contribution in [0.15, 0.2) is 0 Å². The highest BCUT2D eigenvalue weighted by Gasteiger charge is 2.03. The number of nitrogens with zero attached hydrogens (tertiary/aromatic N) is 1. The zero-order valence-electron chi connectivity index (χ0n) is 5.47. The van der Waals surface area contributed by atoms with Gasteiger partial charge in [-0.25, -0.2) is 0 Å². The highest BCUT2D eigenvalue weighted by Crippen LogP contribution is 1.85. The molecule has 0 aliphatic heterocycles. The largest absolute Gasteiger partial charge is 0.386 e. The molecule has 0 saturated heterocycles. The van der Waals surface area contributed by atoms with Gasteiger partial charge in [0.25, 0.3) is 0 Å². The second kappa shape index (κ2) is 2.67. The Kier molecular flexibility index (Phi) is 2.48. The zero-order valence-corrected chi connectivity index (χ0v) is 5.47. The topological polar surface area (TPSA) is 47.3 Å². The molecule has 3 heteroatoms. The SMILES string of the molecule is CC(O)C(=N)N(C)C. The van der Waals surface area contributed by atoms with E-state index in [1.807, 2.05) is 0 Å². The fraction of sp³-hybridized carbons (Fsp3) is 0.800. The lowest BCUT2D eigenvalue weighted by Gasteiger charge is -2.14.